The van der Waals surface area contributed by atoms with E-state index in [4.69, 9.17) is 5.73 Å². The van der Waals surface area contributed by atoms with Crippen molar-refractivity contribution in [2.45, 2.75) is 31.2 Å². The number of hydrogen-bond acceptors (Lipinski definition) is 4. The fraction of sp³-hybridized carbons (Fsp3) is 0.429. The molecule has 0 saturated carbocycles. The van der Waals surface area contributed by atoms with E-state index in [1.807, 2.05) is 13.8 Å². The van der Waals surface area contributed by atoms with Gasteiger partial charge in [-0.05, 0) is 36.6 Å². The Morgan fingerprint density at radius 2 is 1.78 bits per heavy atom. The van der Waals surface area contributed by atoms with Crippen molar-refractivity contribution < 1.29 is 18.0 Å². The lowest BCUT2D eigenvalue weighted by Crippen LogP contribution is -2.48. The zero-order chi connectivity index (χ0) is 17.6. The van der Waals surface area contributed by atoms with Crippen molar-refractivity contribution in [2.75, 3.05) is 6.54 Å². The molecule has 0 aliphatic rings. The molecule has 0 bridgehead atoms. The molecule has 0 aliphatic heterocycles. The molecule has 1 aromatic carbocycles. The van der Waals surface area contributed by atoms with Gasteiger partial charge in [0.2, 0.25) is 21.8 Å². The van der Waals surface area contributed by atoms with Gasteiger partial charge in [0.1, 0.15) is 6.04 Å². The zero-order valence-electron chi connectivity index (χ0n) is 12.9. The first-order chi connectivity index (χ1) is 10.6. The second-order valence-electron chi connectivity index (χ2n) is 5.43. The van der Waals surface area contributed by atoms with Gasteiger partial charge in [0.25, 0.3) is 0 Å². The van der Waals surface area contributed by atoms with Crippen LogP contribution in [0.15, 0.2) is 33.6 Å². The maximum Gasteiger partial charge on any atom is 0.241 e. The van der Waals surface area contributed by atoms with Gasteiger partial charge < -0.3 is 11.1 Å². The summed E-state index contributed by atoms with van der Waals surface area (Å²) in [6.45, 7) is 3.30. The minimum absolute atomic E-state index is 0.0436. The molecule has 7 nitrogen and oxygen atoms in total. The van der Waals surface area contributed by atoms with Gasteiger partial charge in [0, 0.05) is 4.47 Å². The number of halogens is 1. The van der Waals surface area contributed by atoms with Crippen molar-refractivity contribution >= 4 is 37.8 Å². The molecule has 0 saturated heterocycles. The molecule has 1 unspecified atom stereocenters. The molecule has 2 amide bonds. The summed E-state index contributed by atoms with van der Waals surface area (Å²) in [5, 5.41) is 2.43. The van der Waals surface area contributed by atoms with Gasteiger partial charge in [-0.3, -0.25) is 9.59 Å². The van der Waals surface area contributed by atoms with Gasteiger partial charge in [-0.2, -0.15) is 0 Å². The van der Waals surface area contributed by atoms with Gasteiger partial charge in [0.05, 0.1) is 11.4 Å². The summed E-state index contributed by atoms with van der Waals surface area (Å²) in [4.78, 5) is 23.2. The van der Waals surface area contributed by atoms with E-state index in [2.05, 4.69) is 26.0 Å². The highest BCUT2D eigenvalue weighted by Gasteiger charge is 2.21. The van der Waals surface area contributed by atoms with Crippen LogP contribution < -0.4 is 15.8 Å². The largest absolute Gasteiger partial charge is 0.368 e. The Hall–Kier alpha value is -1.45. The normalized spacial score (nSPS) is 12.9. The number of benzene rings is 1. The first-order valence-corrected chi connectivity index (χ1v) is 9.23. The van der Waals surface area contributed by atoms with Crippen LogP contribution in [0.1, 0.15) is 20.3 Å². The van der Waals surface area contributed by atoms with Crippen LogP contribution in [0.5, 0.6) is 0 Å². The molecule has 0 aliphatic carbocycles. The molecule has 9 heteroatoms. The molecular formula is C14H20BrN3O4S. The Balaban J connectivity index is 2.64. The molecule has 0 fully saturated rings. The summed E-state index contributed by atoms with van der Waals surface area (Å²) in [7, 11) is -3.80. The third kappa shape index (κ3) is 6.67. The van der Waals surface area contributed by atoms with Gasteiger partial charge in [-0.1, -0.05) is 29.8 Å². The van der Waals surface area contributed by atoms with Crippen LogP contribution in [0.4, 0.5) is 0 Å². The highest BCUT2D eigenvalue weighted by atomic mass is 79.9. The number of carbonyl (C=O) groups excluding carboxylic acids is 2. The first-order valence-electron chi connectivity index (χ1n) is 6.95. The van der Waals surface area contributed by atoms with Gasteiger partial charge in [-0.25, -0.2) is 13.1 Å². The molecule has 23 heavy (non-hydrogen) atoms. The quantitative estimate of drug-likeness (QED) is 0.590. The molecule has 128 valence electrons. The van der Waals surface area contributed by atoms with Gasteiger partial charge in [0.15, 0.2) is 0 Å². The van der Waals surface area contributed by atoms with Crippen LogP contribution in [0.2, 0.25) is 0 Å². The highest BCUT2D eigenvalue weighted by Crippen LogP contribution is 2.14. The van der Waals surface area contributed by atoms with Gasteiger partial charge in [-0.15, -0.1) is 0 Å². The third-order valence-electron chi connectivity index (χ3n) is 2.93. The Labute approximate surface area is 144 Å². The molecular weight excluding hydrogens is 386 g/mol. The summed E-state index contributed by atoms with van der Waals surface area (Å²) in [5.41, 5.74) is 5.22. The lowest BCUT2D eigenvalue weighted by atomic mass is 10.0. The Morgan fingerprint density at radius 1 is 1.22 bits per heavy atom. The second-order valence-corrected chi connectivity index (χ2v) is 8.11. The average Bonchev–Trinajstić information content (AvgIpc) is 2.44. The fourth-order valence-electron chi connectivity index (χ4n) is 1.82. The molecule has 0 spiro atoms. The number of nitrogens with two attached hydrogens (primary N) is 1. The summed E-state index contributed by atoms with van der Waals surface area (Å²) in [6, 6.07) is 5.17. The van der Waals surface area contributed by atoms with Crippen molar-refractivity contribution in [2.24, 2.45) is 11.7 Å². The van der Waals surface area contributed by atoms with Crippen LogP contribution in [-0.2, 0) is 19.6 Å². The lowest BCUT2D eigenvalue weighted by Gasteiger charge is -2.17. The first kappa shape index (κ1) is 19.6. The molecule has 0 radical (unpaired) electrons. The van der Waals surface area contributed by atoms with Crippen LogP contribution in [0, 0.1) is 5.92 Å². The highest BCUT2D eigenvalue weighted by molar-refractivity contribution is 9.10. The molecule has 0 aromatic heterocycles. The molecule has 0 heterocycles. The van der Waals surface area contributed by atoms with E-state index in [9.17, 15) is 18.0 Å². The Kier molecular flexibility index (Phi) is 7.17. The second kappa shape index (κ2) is 8.42. The maximum atomic E-state index is 12.0. The summed E-state index contributed by atoms with van der Waals surface area (Å²) in [5.74, 6) is -1.11. The maximum absolute atomic E-state index is 12.0. The van der Waals surface area contributed by atoms with Crippen molar-refractivity contribution in [3.63, 3.8) is 0 Å². The predicted octanol–water partition coefficient (Wildman–Crippen LogP) is 0.744. The number of nitrogens with one attached hydrogen (secondary N) is 2. The van der Waals surface area contributed by atoms with Crippen LogP contribution in [-0.4, -0.2) is 32.8 Å². The summed E-state index contributed by atoms with van der Waals surface area (Å²) < 4.78 is 27.0. The minimum Gasteiger partial charge on any atom is -0.368 e. The van der Waals surface area contributed by atoms with E-state index in [1.165, 1.54) is 12.1 Å². The number of rotatable bonds is 8. The number of hydrogen-bond donors (Lipinski definition) is 3. The Morgan fingerprint density at radius 3 is 2.26 bits per heavy atom. The summed E-state index contributed by atoms with van der Waals surface area (Å²) >= 11 is 3.21. The van der Waals surface area contributed by atoms with Crippen LogP contribution in [0.3, 0.4) is 0 Å². The third-order valence-corrected chi connectivity index (χ3v) is 4.88. The zero-order valence-corrected chi connectivity index (χ0v) is 15.3. The SMILES string of the molecule is CC(C)CC(NC(=O)CNS(=O)(=O)c1ccc(Br)cc1)C(N)=O. The lowest BCUT2D eigenvalue weighted by molar-refractivity contribution is -0.127. The van der Waals surface area contributed by atoms with E-state index < -0.39 is 34.4 Å². The number of carbonyl (C=O) groups is 2. The van der Waals surface area contributed by atoms with Crippen LogP contribution in [0.25, 0.3) is 0 Å². The molecule has 1 aromatic rings. The van der Waals surface area contributed by atoms with E-state index in [-0.39, 0.29) is 10.8 Å². The standard InChI is InChI=1S/C14H20BrN3O4S/c1-9(2)7-12(14(16)20)18-13(19)8-17-23(21,22)11-5-3-10(15)4-6-11/h3-6,9,12,17H,7-8H2,1-2H3,(H2,16,20)(H,18,19). The molecule has 1 atom stereocenters. The topological polar surface area (TPSA) is 118 Å². The van der Waals surface area contributed by atoms with Crippen molar-refractivity contribution in [1.29, 1.82) is 0 Å². The molecule has 4 N–H and O–H groups in total. The number of primary amides is 1. The number of amides is 2. The molecule has 1 rings (SSSR count). The van der Waals surface area contributed by atoms with E-state index >= 15 is 0 Å². The van der Waals surface area contributed by atoms with Crippen LogP contribution >= 0.6 is 15.9 Å². The van der Waals surface area contributed by atoms with E-state index in [0.29, 0.717) is 6.42 Å². The van der Waals surface area contributed by atoms with E-state index in [1.54, 1.807) is 12.1 Å². The van der Waals surface area contributed by atoms with Crippen molar-refractivity contribution in [3.05, 3.63) is 28.7 Å². The van der Waals surface area contributed by atoms with E-state index in [0.717, 1.165) is 4.47 Å². The smallest absolute Gasteiger partial charge is 0.241 e. The van der Waals surface area contributed by atoms with Crippen molar-refractivity contribution in [1.82, 2.24) is 10.0 Å². The predicted molar refractivity (Wildman–Crippen MR) is 89.9 cm³/mol. The summed E-state index contributed by atoms with van der Waals surface area (Å²) in [6.07, 6.45) is 0.389. The fourth-order valence-corrected chi connectivity index (χ4v) is 3.07. The number of sulfonamides is 1. The van der Waals surface area contributed by atoms with Gasteiger partial charge >= 0.3 is 0 Å². The monoisotopic (exact) mass is 405 g/mol. The minimum atomic E-state index is -3.80. The Bertz CT molecular complexity index is 659. The van der Waals surface area contributed by atoms with Crippen molar-refractivity contribution in [3.8, 4) is 0 Å². The average molecular weight is 406 g/mol.